The van der Waals surface area contributed by atoms with E-state index in [0.717, 1.165) is 17.5 Å². The van der Waals surface area contributed by atoms with E-state index in [2.05, 4.69) is 0 Å². The largest absolute Gasteiger partial charge is 0.398 e. The molecule has 0 aromatic heterocycles. The van der Waals surface area contributed by atoms with Gasteiger partial charge in [-0.25, -0.2) is 0 Å². The highest BCUT2D eigenvalue weighted by Gasteiger charge is 2.18. The molecular weight excluding hydrogens is 264 g/mol. The Morgan fingerprint density at radius 3 is 2.26 bits per heavy atom. The van der Waals surface area contributed by atoms with Crippen molar-refractivity contribution in [2.24, 2.45) is 5.73 Å². The molecule has 0 saturated heterocycles. The zero-order chi connectivity index (χ0) is 14.6. The van der Waals surface area contributed by atoms with Gasteiger partial charge >= 0.3 is 0 Å². The molecule has 2 aromatic carbocycles. The normalized spacial score (nSPS) is 10.9. The minimum atomic E-state index is -4.30. The minimum absolute atomic E-state index is 0.0561. The fourth-order valence-corrected chi connectivity index (χ4v) is 2.61. The van der Waals surface area contributed by atoms with Crippen LogP contribution in [0.4, 0.5) is 5.69 Å². The van der Waals surface area contributed by atoms with Gasteiger partial charge in [0.1, 0.15) is 4.90 Å². The van der Waals surface area contributed by atoms with Gasteiger partial charge in [-0.3, -0.25) is 4.55 Å². The second-order valence-electron chi connectivity index (χ2n) is 4.04. The number of benzene rings is 2. The summed E-state index contributed by atoms with van der Waals surface area (Å²) in [6, 6.07) is 8.45. The molecule has 0 fully saturated rings. The van der Waals surface area contributed by atoms with Crippen LogP contribution in [0.15, 0.2) is 35.2 Å². The van der Waals surface area contributed by atoms with Gasteiger partial charge in [-0.15, -0.1) is 0 Å². The second kappa shape index (κ2) is 6.01. The molecule has 104 valence electrons. The van der Waals surface area contributed by atoms with Gasteiger partial charge in [-0.2, -0.15) is 8.42 Å². The molecule has 0 radical (unpaired) electrons. The summed E-state index contributed by atoms with van der Waals surface area (Å²) in [6.07, 6.45) is 0. The van der Waals surface area contributed by atoms with E-state index in [-0.39, 0.29) is 10.6 Å². The van der Waals surface area contributed by atoms with E-state index in [0.29, 0.717) is 5.39 Å². The van der Waals surface area contributed by atoms with Gasteiger partial charge in [-0.1, -0.05) is 31.2 Å². The average Bonchev–Trinajstić information content (AvgIpc) is 2.28. The molecule has 0 aliphatic heterocycles. The summed E-state index contributed by atoms with van der Waals surface area (Å²) in [5.74, 6) is 0. The Kier molecular flexibility index (Phi) is 4.88. The van der Waals surface area contributed by atoms with E-state index < -0.39 is 10.1 Å². The van der Waals surface area contributed by atoms with Crippen LogP contribution < -0.4 is 11.5 Å². The molecule has 0 heterocycles. The lowest BCUT2D eigenvalue weighted by Crippen LogP contribution is -2.04. The molecule has 6 heteroatoms. The monoisotopic (exact) mass is 282 g/mol. The molecule has 0 amide bonds. The third kappa shape index (κ3) is 3.44. The Labute approximate surface area is 113 Å². The number of rotatable bonds is 1. The van der Waals surface area contributed by atoms with Crippen LogP contribution in [0.3, 0.4) is 0 Å². The maximum absolute atomic E-state index is 11.3. The third-order valence-corrected chi connectivity index (χ3v) is 3.49. The lowest BCUT2D eigenvalue weighted by molar-refractivity contribution is 0.484. The second-order valence-corrected chi connectivity index (χ2v) is 5.40. The Morgan fingerprint density at radius 2 is 1.74 bits per heavy atom. The smallest absolute Gasteiger partial charge is 0.297 e. The van der Waals surface area contributed by atoms with Crippen molar-refractivity contribution in [3.63, 3.8) is 0 Å². The van der Waals surface area contributed by atoms with Crippen LogP contribution >= 0.6 is 0 Å². The first-order chi connectivity index (χ1) is 8.82. The van der Waals surface area contributed by atoms with Crippen molar-refractivity contribution in [2.75, 3.05) is 12.3 Å². The molecule has 0 aliphatic carbocycles. The highest BCUT2D eigenvalue weighted by atomic mass is 32.2. The predicted molar refractivity (Wildman–Crippen MR) is 77.6 cm³/mol. The van der Waals surface area contributed by atoms with Crippen molar-refractivity contribution in [2.45, 2.75) is 18.7 Å². The predicted octanol–water partition coefficient (Wildman–Crippen LogP) is 1.94. The molecular formula is C13H18N2O3S. The van der Waals surface area contributed by atoms with Crippen LogP contribution in [0, 0.1) is 6.92 Å². The van der Waals surface area contributed by atoms with Gasteiger partial charge in [0, 0.05) is 5.39 Å². The number of nitrogens with two attached hydrogens (primary N) is 2. The van der Waals surface area contributed by atoms with Crippen molar-refractivity contribution >= 4 is 26.6 Å². The number of hydrogen-bond donors (Lipinski definition) is 3. The maximum atomic E-state index is 11.3. The molecule has 0 spiro atoms. The van der Waals surface area contributed by atoms with Crippen molar-refractivity contribution < 1.29 is 13.0 Å². The van der Waals surface area contributed by atoms with Crippen LogP contribution in [0.2, 0.25) is 0 Å². The summed E-state index contributed by atoms with van der Waals surface area (Å²) in [7, 11) is -4.30. The van der Waals surface area contributed by atoms with E-state index in [1.54, 1.807) is 18.2 Å². The molecule has 5 nitrogen and oxygen atoms in total. The first-order valence-corrected chi connectivity index (χ1v) is 7.22. The zero-order valence-electron chi connectivity index (χ0n) is 10.9. The molecule has 0 saturated carbocycles. The molecule has 5 N–H and O–H groups in total. The Bertz CT molecular complexity index is 682. The molecule has 0 atom stereocenters. The third-order valence-electron chi connectivity index (χ3n) is 2.52. The number of hydrogen-bond acceptors (Lipinski definition) is 4. The van der Waals surface area contributed by atoms with E-state index in [4.69, 9.17) is 16.0 Å². The van der Waals surface area contributed by atoms with Gasteiger partial charge in [0.15, 0.2) is 0 Å². The molecule has 2 rings (SSSR count). The first-order valence-electron chi connectivity index (χ1n) is 5.78. The molecule has 2 aromatic rings. The number of aryl methyl sites for hydroxylation is 1. The van der Waals surface area contributed by atoms with E-state index >= 15 is 0 Å². The average molecular weight is 282 g/mol. The van der Waals surface area contributed by atoms with Crippen molar-refractivity contribution in [3.05, 3.63) is 35.9 Å². The lowest BCUT2D eigenvalue weighted by Gasteiger charge is -2.08. The van der Waals surface area contributed by atoms with Gasteiger partial charge in [-0.05, 0) is 30.5 Å². The molecule has 0 aliphatic rings. The molecule has 0 unspecified atom stereocenters. The van der Waals surface area contributed by atoms with Gasteiger partial charge in [0.25, 0.3) is 10.1 Å². The highest BCUT2D eigenvalue weighted by Crippen LogP contribution is 2.29. The van der Waals surface area contributed by atoms with Crippen LogP contribution in [-0.4, -0.2) is 19.5 Å². The van der Waals surface area contributed by atoms with Crippen LogP contribution in [0.5, 0.6) is 0 Å². The maximum Gasteiger partial charge on any atom is 0.297 e. The molecule has 19 heavy (non-hydrogen) atoms. The van der Waals surface area contributed by atoms with Gasteiger partial charge < -0.3 is 11.5 Å². The zero-order valence-corrected chi connectivity index (χ0v) is 11.7. The van der Waals surface area contributed by atoms with Crippen molar-refractivity contribution in [1.29, 1.82) is 0 Å². The van der Waals surface area contributed by atoms with Crippen molar-refractivity contribution in [1.82, 2.24) is 0 Å². The van der Waals surface area contributed by atoms with Crippen LogP contribution in [-0.2, 0) is 10.1 Å². The Balaban J connectivity index is 0.000000550. The number of nitrogen functional groups attached to an aromatic ring is 1. The standard InChI is InChI=1S/C11H11NO3S.C2H7N/c1-7-3-2-4-9-8(7)5-6-10(12)11(9)16(13,14)15;1-2-3/h2-6H,12H2,1H3,(H,13,14,15);2-3H2,1H3. The van der Waals surface area contributed by atoms with Gasteiger partial charge in [0.05, 0.1) is 5.69 Å². The molecule has 0 bridgehead atoms. The van der Waals surface area contributed by atoms with E-state index in [1.165, 1.54) is 6.07 Å². The van der Waals surface area contributed by atoms with Crippen LogP contribution in [0.25, 0.3) is 10.8 Å². The van der Waals surface area contributed by atoms with E-state index in [9.17, 15) is 8.42 Å². The summed E-state index contributed by atoms with van der Waals surface area (Å²) < 4.78 is 31.7. The quantitative estimate of drug-likeness (QED) is 0.547. The van der Waals surface area contributed by atoms with Crippen molar-refractivity contribution in [3.8, 4) is 0 Å². The number of anilines is 1. The Hall–Kier alpha value is -1.63. The summed E-state index contributed by atoms with van der Waals surface area (Å²) in [5.41, 5.74) is 11.4. The highest BCUT2D eigenvalue weighted by molar-refractivity contribution is 7.86. The Morgan fingerprint density at radius 1 is 1.16 bits per heavy atom. The fourth-order valence-electron chi connectivity index (χ4n) is 1.79. The fraction of sp³-hybridized carbons (Fsp3) is 0.231. The van der Waals surface area contributed by atoms with E-state index in [1.807, 2.05) is 19.9 Å². The summed E-state index contributed by atoms with van der Waals surface area (Å²) in [5, 5.41) is 1.21. The summed E-state index contributed by atoms with van der Waals surface area (Å²) in [6.45, 7) is 4.52. The first kappa shape index (κ1) is 15.4. The number of fused-ring (bicyclic) bond motifs is 1. The summed E-state index contributed by atoms with van der Waals surface area (Å²) in [4.78, 5) is -0.214. The lowest BCUT2D eigenvalue weighted by atomic mass is 10.1. The summed E-state index contributed by atoms with van der Waals surface area (Å²) >= 11 is 0. The minimum Gasteiger partial charge on any atom is -0.398 e. The topological polar surface area (TPSA) is 106 Å². The van der Waals surface area contributed by atoms with Crippen LogP contribution in [0.1, 0.15) is 12.5 Å². The van der Waals surface area contributed by atoms with Gasteiger partial charge in [0.2, 0.25) is 0 Å². The SMILES string of the molecule is CCN.Cc1cccc2c(S(=O)(=O)O)c(N)ccc12.